The van der Waals surface area contributed by atoms with Gasteiger partial charge in [-0.2, -0.15) is 0 Å². The van der Waals surface area contributed by atoms with Crippen LogP contribution in [0.1, 0.15) is 40.6 Å². The summed E-state index contributed by atoms with van der Waals surface area (Å²) < 4.78 is 15.7. The minimum Gasteiger partial charge on any atom is -0.507 e. The minimum absolute atomic E-state index is 0.00958. The molecule has 10 nitrogen and oxygen atoms in total. The first-order valence-corrected chi connectivity index (χ1v) is 13.1. The molecule has 1 aliphatic heterocycles. The molecule has 10 heteroatoms. The summed E-state index contributed by atoms with van der Waals surface area (Å²) in [5.74, 6) is 1.79. The molecule has 3 N–H and O–H groups in total. The van der Waals surface area contributed by atoms with E-state index >= 15 is 0 Å². The number of hydrogen-bond donors (Lipinski definition) is 3. The third kappa shape index (κ3) is 5.91. The Balaban J connectivity index is 0.000000166. The highest BCUT2D eigenvalue weighted by Crippen LogP contribution is 2.38. The average molecular weight is 556 g/mol. The maximum absolute atomic E-state index is 12.4. The number of benzene rings is 3. The number of H-pyrrole nitrogens is 1. The fraction of sp³-hybridized carbons (Fsp3) is 0.226. The molecule has 6 rings (SSSR count). The highest BCUT2D eigenvalue weighted by molar-refractivity contribution is 6.10. The van der Waals surface area contributed by atoms with E-state index in [0.29, 0.717) is 63.8 Å². The molecule has 1 amide bonds. The van der Waals surface area contributed by atoms with Gasteiger partial charge in [0.2, 0.25) is 5.95 Å². The number of ether oxygens (including phenoxy) is 2. The fourth-order valence-electron chi connectivity index (χ4n) is 4.63. The molecule has 3 aromatic carbocycles. The summed E-state index contributed by atoms with van der Waals surface area (Å²) >= 11 is 0. The second-order valence-corrected chi connectivity index (χ2v) is 9.88. The standard InChI is InChI=1S/C16H13N3O3.C15H16O4/c1-22-16(21)19-15-17-12-8-7-11(9-13(12)18-15)14(20)10-5-3-2-4-6-10;1-8-3-4-10-12(18-7-8)6-13-14(15(10)17)11(16)5-9(2)19-13/h2-9H,1H3,(H2,17,18,19,21);5-6,8,17H,3-4,7H2,1-2H3. The summed E-state index contributed by atoms with van der Waals surface area (Å²) in [5.41, 5.74) is 3.37. The Morgan fingerprint density at radius 1 is 1.10 bits per heavy atom. The predicted molar refractivity (Wildman–Crippen MR) is 154 cm³/mol. The van der Waals surface area contributed by atoms with Crippen LogP contribution in [-0.2, 0) is 11.2 Å². The molecule has 0 saturated heterocycles. The summed E-state index contributed by atoms with van der Waals surface area (Å²) in [4.78, 5) is 42.7. The Labute approximate surface area is 234 Å². The van der Waals surface area contributed by atoms with Gasteiger partial charge < -0.3 is 24.0 Å². The van der Waals surface area contributed by atoms with Crippen LogP contribution < -0.4 is 15.5 Å². The van der Waals surface area contributed by atoms with Crippen molar-refractivity contribution in [3.63, 3.8) is 0 Å². The molecular weight excluding hydrogens is 526 g/mol. The van der Waals surface area contributed by atoms with Crippen LogP contribution in [0.4, 0.5) is 10.7 Å². The lowest BCUT2D eigenvalue weighted by Crippen LogP contribution is -2.11. The van der Waals surface area contributed by atoms with Gasteiger partial charge in [-0.1, -0.05) is 37.3 Å². The van der Waals surface area contributed by atoms with Crippen molar-refractivity contribution in [1.82, 2.24) is 9.97 Å². The van der Waals surface area contributed by atoms with E-state index in [1.807, 2.05) is 18.2 Å². The number of rotatable bonds is 3. The summed E-state index contributed by atoms with van der Waals surface area (Å²) in [7, 11) is 1.27. The number of aromatic amines is 1. The van der Waals surface area contributed by atoms with Crippen LogP contribution in [0.25, 0.3) is 22.0 Å². The molecular formula is C31H29N3O7. The number of fused-ring (bicyclic) bond motifs is 3. The number of aryl methyl sites for hydroxylation is 1. The van der Waals surface area contributed by atoms with Crippen molar-refractivity contribution in [1.29, 1.82) is 0 Å². The van der Waals surface area contributed by atoms with Crippen LogP contribution in [0.5, 0.6) is 11.5 Å². The smallest absolute Gasteiger partial charge is 0.413 e. The third-order valence-corrected chi connectivity index (χ3v) is 6.78. The number of ketones is 1. The highest BCUT2D eigenvalue weighted by Gasteiger charge is 2.21. The van der Waals surface area contributed by atoms with E-state index in [4.69, 9.17) is 9.15 Å². The van der Waals surface area contributed by atoms with Crippen LogP contribution in [0, 0.1) is 12.8 Å². The average Bonchev–Trinajstić information content (AvgIpc) is 3.26. The number of phenolic OH excluding ortho intramolecular Hbond substituents is 1. The number of nitrogens with zero attached hydrogens (tertiary/aromatic N) is 1. The largest absolute Gasteiger partial charge is 0.507 e. The van der Waals surface area contributed by atoms with E-state index < -0.39 is 6.09 Å². The first kappa shape index (κ1) is 27.4. The van der Waals surface area contributed by atoms with E-state index in [-0.39, 0.29) is 28.3 Å². The molecule has 2 aromatic heterocycles. The number of aromatic hydroxyl groups is 1. The fourth-order valence-corrected chi connectivity index (χ4v) is 4.63. The minimum atomic E-state index is -0.611. The van der Waals surface area contributed by atoms with Gasteiger partial charge in [-0.05, 0) is 43.9 Å². The normalized spacial score (nSPS) is 14.3. The monoisotopic (exact) mass is 555 g/mol. The summed E-state index contributed by atoms with van der Waals surface area (Å²) in [6.07, 6.45) is 1.04. The Hall–Kier alpha value is -5.12. The number of carbonyl (C=O) groups excluding carboxylic acids is 2. The van der Waals surface area contributed by atoms with Crippen molar-refractivity contribution in [3.05, 3.63) is 93.3 Å². The third-order valence-electron chi connectivity index (χ3n) is 6.78. The van der Waals surface area contributed by atoms with Crippen molar-refractivity contribution in [2.24, 2.45) is 5.92 Å². The summed E-state index contributed by atoms with van der Waals surface area (Å²) in [5, 5.41) is 13.0. The zero-order valence-corrected chi connectivity index (χ0v) is 22.8. The van der Waals surface area contributed by atoms with E-state index in [1.54, 1.807) is 43.3 Å². The lowest BCUT2D eigenvalue weighted by Gasteiger charge is -2.11. The molecule has 0 bridgehead atoms. The van der Waals surface area contributed by atoms with E-state index in [2.05, 4.69) is 26.9 Å². The molecule has 3 heterocycles. The van der Waals surface area contributed by atoms with Crippen molar-refractivity contribution in [2.75, 3.05) is 19.0 Å². The summed E-state index contributed by atoms with van der Waals surface area (Å²) in [6, 6.07) is 17.3. The van der Waals surface area contributed by atoms with Gasteiger partial charge in [0.1, 0.15) is 28.2 Å². The molecule has 0 saturated carbocycles. The van der Waals surface area contributed by atoms with Gasteiger partial charge in [0.05, 0.1) is 24.8 Å². The number of amides is 1. The molecule has 1 atom stereocenters. The molecule has 41 heavy (non-hydrogen) atoms. The number of aromatic nitrogens is 2. The van der Waals surface area contributed by atoms with Gasteiger partial charge in [0, 0.05) is 28.8 Å². The van der Waals surface area contributed by atoms with Gasteiger partial charge in [0.15, 0.2) is 11.2 Å². The first-order valence-electron chi connectivity index (χ1n) is 13.1. The van der Waals surface area contributed by atoms with Crippen LogP contribution in [0.15, 0.2) is 69.9 Å². The lowest BCUT2D eigenvalue weighted by atomic mass is 10.00. The number of phenols is 1. The Bertz CT molecular complexity index is 1810. The Morgan fingerprint density at radius 2 is 1.88 bits per heavy atom. The van der Waals surface area contributed by atoms with Gasteiger partial charge >= 0.3 is 6.09 Å². The predicted octanol–water partition coefficient (Wildman–Crippen LogP) is 5.74. The van der Waals surface area contributed by atoms with E-state index in [0.717, 1.165) is 6.42 Å². The molecule has 5 aromatic rings. The number of imidazole rings is 1. The zero-order valence-electron chi connectivity index (χ0n) is 22.8. The van der Waals surface area contributed by atoms with Crippen molar-refractivity contribution >= 4 is 39.8 Å². The van der Waals surface area contributed by atoms with Gasteiger partial charge in [0.25, 0.3) is 0 Å². The van der Waals surface area contributed by atoms with Gasteiger partial charge in [-0.25, -0.2) is 9.78 Å². The molecule has 1 aliphatic rings. The number of methoxy groups -OCH3 is 1. The number of hydrogen-bond acceptors (Lipinski definition) is 8. The quantitative estimate of drug-likeness (QED) is 0.239. The number of carbonyl (C=O) groups is 2. The second-order valence-electron chi connectivity index (χ2n) is 9.88. The number of anilines is 1. The van der Waals surface area contributed by atoms with Crippen LogP contribution in [0.3, 0.4) is 0 Å². The number of nitrogens with one attached hydrogen (secondary N) is 2. The van der Waals surface area contributed by atoms with Crippen LogP contribution in [0.2, 0.25) is 0 Å². The highest BCUT2D eigenvalue weighted by atomic mass is 16.5. The molecule has 1 unspecified atom stereocenters. The van der Waals surface area contributed by atoms with Crippen LogP contribution >= 0.6 is 0 Å². The van der Waals surface area contributed by atoms with Crippen LogP contribution in [-0.4, -0.2) is 40.7 Å². The Kier molecular flexibility index (Phi) is 7.73. The molecule has 0 radical (unpaired) electrons. The molecule has 0 fully saturated rings. The molecule has 0 aliphatic carbocycles. The van der Waals surface area contributed by atoms with Gasteiger partial charge in [-0.15, -0.1) is 0 Å². The van der Waals surface area contributed by atoms with Crippen molar-refractivity contribution < 1.29 is 28.6 Å². The zero-order chi connectivity index (χ0) is 29.1. The Morgan fingerprint density at radius 3 is 2.63 bits per heavy atom. The SMILES string of the molecule is COC(=O)Nc1nc2ccc(C(=O)c3ccccc3)cc2[nH]1.Cc1cc(=O)c2c(O)c3c(cc2o1)OCC(C)CC3. The first-order chi connectivity index (χ1) is 19.7. The van der Waals surface area contributed by atoms with Crippen molar-refractivity contribution in [3.8, 4) is 11.5 Å². The maximum atomic E-state index is 12.4. The van der Waals surface area contributed by atoms with E-state index in [1.165, 1.54) is 13.2 Å². The van der Waals surface area contributed by atoms with Gasteiger partial charge in [-0.3, -0.25) is 14.9 Å². The summed E-state index contributed by atoms with van der Waals surface area (Å²) in [6.45, 7) is 4.44. The topological polar surface area (TPSA) is 144 Å². The molecule has 0 spiro atoms. The molecule has 210 valence electrons. The van der Waals surface area contributed by atoms with Crippen molar-refractivity contribution in [2.45, 2.75) is 26.7 Å². The van der Waals surface area contributed by atoms with E-state index in [9.17, 15) is 19.5 Å². The maximum Gasteiger partial charge on any atom is 0.413 e. The second kappa shape index (κ2) is 11.5. The lowest BCUT2D eigenvalue weighted by molar-refractivity contribution is 0.103.